The Labute approximate surface area is 121 Å². The fraction of sp³-hybridized carbons (Fsp3) is 0.929. The van der Waals surface area contributed by atoms with Crippen LogP contribution >= 0.6 is 0 Å². The fourth-order valence-corrected chi connectivity index (χ4v) is 5.69. The summed E-state index contributed by atoms with van der Waals surface area (Å²) in [5.41, 5.74) is 0.0662. The number of piperidine rings is 1. The van der Waals surface area contributed by atoms with Gasteiger partial charge in [0.25, 0.3) is 15.9 Å². The molecule has 3 fully saturated rings. The molecular formula is C14H24N2O3S. The Morgan fingerprint density at radius 1 is 1.20 bits per heavy atom. The number of amides is 1. The molecule has 0 aromatic heterocycles. The lowest BCUT2D eigenvalue weighted by molar-refractivity contribution is -0.135. The summed E-state index contributed by atoms with van der Waals surface area (Å²) in [4.78, 5) is 12.2. The highest BCUT2D eigenvalue weighted by Crippen LogP contribution is 2.42. The number of rotatable bonds is 1. The van der Waals surface area contributed by atoms with Gasteiger partial charge in [0.05, 0.1) is 6.04 Å². The van der Waals surface area contributed by atoms with Crippen molar-refractivity contribution in [3.8, 4) is 0 Å². The Morgan fingerprint density at radius 3 is 2.45 bits per heavy atom. The molecule has 6 heteroatoms. The molecule has 2 saturated heterocycles. The maximum Gasteiger partial charge on any atom is 0.259 e. The molecule has 0 bridgehead atoms. The third-order valence-electron chi connectivity index (χ3n) is 5.37. The van der Waals surface area contributed by atoms with Gasteiger partial charge in [0.1, 0.15) is 0 Å². The van der Waals surface area contributed by atoms with Crippen molar-refractivity contribution >= 4 is 15.9 Å². The van der Waals surface area contributed by atoms with Gasteiger partial charge in [-0.05, 0) is 46.1 Å². The van der Waals surface area contributed by atoms with Crippen LogP contribution in [0.5, 0.6) is 0 Å². The quantitative estimate of drug-likeness (QED) is 0.795. The van der Waals surface area contributed by atoms with Crippen LogP contribution in [-0.4, -0.2) is 41.5 Å². The summed E-state index contributed by atoms with van der Waals surface area (Å²) in [6.45, 7) is 3.83. The molecule has 0 aromatic rings. The van der Waals surface area contributed by atoms with Crippen LogP contribution in [0, 0.1) is 0 Å². The van der Waals surface area contributed by atoms with Gasteiger partial charge in [-0.2, -0.15) is 0 Å². The van der Waals surface area contributed by atoms with Gasteiger partial charge < -0.3 is 5.32 Å². The van der Waals surface area contributed by atoms with Gasteiger partial charge in [-0.3, -0.25) is 4.79 Å². The number of hydrogen-bond acceptors (Lipinski definition) is 4. The molecule has 1 unspecified atom stereocenters. The van der Waals surface area contributed by atoms with Crippen LogP contribution in [-0.2, 0) is 14.8 Å². The van der Waals surface area contributed by atoms with Crippen LogP contribution in [0.15, 0.2) is 0 Å². The second-order valence-electron chi connectivity index (χ2n) is 7.03. The van der Waals surface area contributed by atoms with Gasteiger partial charge >= 0.3 is 0 Å². The average Bonchev–Trinajstić information content (AvgIpc) is 2.39. The average molecular weight is 300 g/mol. The summed E-state index contributed by atoms with van der Waals surface area (Å²) in [5, 5.41) is 3.60. The van der Waals surface area contributed by atoms with E-state index in [0.29, 0.717) is 0 Å². The minimum Gasteiger partial charge on any atom is -0.311 e. The van der Waals surface area contributed by atoms with Crippen molar-refractivity contribution in [3.63, 3.8) is 0 Å². The first-order valence-electron chi connectivity index (χ1n) is 7.64. The molecule has 1 amide bonds. The van der Waals surface area contributed by atoms with Gasteiger partial charge in [0, 0.05) is 5.54 Å². The van der Waals surface area contributed by atoms with Gasteiger partial charge in [0.2, 0.25) is 0 Å². The van der Waals surface area contributed by atoms with E-state index in [4.69, 9.17) is 0 Å². The third kappa shape index (κ3) is 1.84. The summed E-state index contributed by atoms with van der Waals surface area (Å²) in [6, 6.07) is -0.139. The standard InChI is InChI=1S/C14H24N2O3S/c1-13(2)12(17)16(20(13,18)19)11-6-9-15-14(10-11)7-4-3-5-8-14/h11,15H,3-10H2,1-2H3. The first-order chi connectivity index (χ1) is 9.30. The summed E-state index contributed by atoms with van der Waals surface area (Å²) in [6.07, 6.45) is 7.40. The molecule has 0 aromatic carbocycles. The number of carbonyl (C=O) groups is 1. The van der Waals surface area contributed by atoms with Crippen molar-refractivity contribution in [2.24, 2.45) is 0 Å². The van der Waals surface area contributed by atoms with Crippen molar-refractivity contribution < 1.29 is 13.2 Å². The molecule has 5 nitrogen and oxygen atoms in total. The molecule has 3 aliphatic rings. The second kappa shape index (κ2) is 4.44. The Morgan fingerprint density at radius 2 is 1.85 bits per heavy atom. The molecule has 1 atom stereocenters. The number of hydrogen-bond donors (Lipinski definition) is 1. The second-order valence-corrected chi connectivity index (χ2v) is 9.39. The van der Waals surface area contributed by atoms with Gasteiger partial charge in [-0.1, -0.05) is 19.3 Å². The SMILES string of the molecule is CC1(C)C(=O)N(C2CCNC3(CCCCC3)C2)S1(=O)=O. The molecule has 1 N–H and O–H groups in total. The van der Waals surface area contributed by atoms with Crippen molar-refractivity contribution in [2.75, 3.05) is 6.54 Å². The molecule has 1 aliphatic carbocycles. The van der Waals surface area contributed by atoms with Crippen LogP contribution in [0.4, 0.5) is 0 Å². The van der Waals surface area contributed by atoms with Crippen LogP contribution < -0.4 is 5.32 Å². The minimum atomic E-state index is -3.45. The molecule has 3 rings (SSSR count). The third-order valence-corrected chi connectivity index (χ3v) is 7.81. The van der Waals surface area contributed by atoms with Gasteiger partial charge in [0.15, 0.2) is 4.75 Å². The Kier molecular flexibility index (Phi) is 3.18. The lowest BCUT2D eigenvalue weighted by atomic mass is 9.75. The Hall–Kier alpha value is -0.620. The Bertz CT molecular complexity index is 515. The van der Waals surface area contributed by atoms with E-state index < -0.39 is 14.8 Å². The molecule has 0 radical (unpaired) electrons. The van der Waals surface area contributed by atoms with E-state index in [1.165, 1.54) is 37.4 Å². The topological polar surface area (TPSA) is 66.5 Å². The van der Waals surface area contributed by atoms with Crippen molar-refractivity contribution in [2.45, 2.75) is 75.1 Å². The molecule has 20 heavy (non-hydrogen) atoms. The summed E-state index contributed by atoms with van der Waals surface area (Å²) >= 11 is 0. The van der Waals surface area contributed by atoms with E-state index in [1.807, 2.05) is 0 Å². The van der Waals surface area contributed by atoms with E-state index in [0.717, 1.165) is 32.2 Å². The maximum atomic E-state index is 12.3. The largest absolute Gasteiger partial charge is 0.311 e. The zero-order valence-electron chi connectivity index (χ0n) is 12.3. The minimum absolute atomic E-state index is 0.0662. The summed E-state index contributed by atoms with van der Waals surface area (Å²) in [5.74, 6) is -0.227. The molecular weight excluding hydrogens is 276 g/mol. The highest BCUT2D eigenvalue weighted by Gasteiger charge is 2.63. The number of carbonyl (C=O) groups excluding carboxylic acids is 1. The lowest BCUT2D eigenvalue weighted by Gasteiger charge is -2.52. The molecule has 1 spiro atoms. The number of sulfonamides is 1. The summed E-state index contributed by atoms with van der Waals surface area (Å²) < 4.78 is 24.6. The predicted octanol–water partition coefficient (Wildman–Crippen LogP) is 1.39. The van der Waals surface area contributed by atoms with Crippen molar-refractivity contribution in [3.05, 3.63) is 0 Å². The number of nitrogens with zero attached hydrogens (tertiary/aromatic N) is 1. The predicted molar refractivity (Wildman–Crippen MR) is 76.7 cm³/mol. The fourth-order valence-electron chi connectivity index (χ4n) is 3.99. The monoisotopic (exact) mass is 300 g/mol. The van der Waals surface area contributed by atoms with Crippen LogP contribution in [0.2, 0.25) is 0 Å². The van der Waals surface area contributed by atoms with Gasteiger partial charge in [-0.25, -0.2) is 12.7 Å². The van der Waals surface area contributed by atoms with Crippen LogP contribution in [0.25, 0.3) is 0 Å². The van der Waals surface area contributed by atoms with Crippen molar-refractivity contribution in [1.29, 1.82) is 0 Å². The van der Waals surface area contributed by atoms with Crippen molar-refractivity contribution in [1.82, 2.24) is 9.62 Å². The van der Waals surface area contributed by atoms with Gasteiger partial charge in [-0.15, -0.1) is 0 Å². The smallest absolute Gasteiger partial charge is 0.259 e. The van der Waals surface area contributed by atoms with E-state index in [2.05, 4.69) is 5.32 Å². The highest BCUT2D eigenvalue weighted by molar-refractivity contribution is 7.94. The maximum absolute atomic E-state index is 12.3. The van der Waals surface area contributed by atoms with E-state index in [1.54, 1.807) is 0 Å². The van der Waals surface area contributed by atoms with E-state index in [-0.39, 0.29) is 17.5 Å². The number of nitrogens with one attached hydrogen (secondary N) is 1. The van der Waals surface area contributed by atoms with E-state index >= 15 is 0 Å². The molecule has 2 heterocycles. The first kappa shape index (κ1) is 14.3. The molecule has 1 saturated carbocycles. The van der Waals surface area contributed by atoms with E-state index in [9.17, 15) is 13.2 Å². The molecule has 114 valence electrons. The van der Waals surface area contributed by atoms with Crippen LogP contribution in [0.1, 0.15) is 58.8 Å². The molecule has 2 aliphatic heterocycles. The lowest BCUT2D eigenvalue weighted by Crippen LogP contribution is -2.72. The Balaban J connectivity index is 1.80. The normalized spacial score (nSPS) is 34.8. The zero-order valence-corrected chi connectivity index (χ0v) is 13.1. The summed E-state index contributed by atoms with van der Waals surface area (Å²) in [7, 11) is -3.45. The zero-order chi connectivity index (χ0) is 14.6. The van der Waals surface area contributed by atoms with Crippen LogP contribution in [0.3, 0.4) is 0 Å². The highest BCUT2D eigenvalue weighted by atomic mass is 32.2. The first-order valence-corrected chi connectivity index (χ1v) is 9.08.